The molecule has 3 aromatic carbocycles. The lowest BCUT2D eigenvalue weighted by Gasteiger charge is -2.15. The Balaban J connectivity index is 1.57. The summed E-state index contributed by atoms with van der Waals surface area (Å²) in [6.45, 7) is 0. The van der Waals surface area contributed by atoms with Gasteiger partial charge in [0.15, 0.2) is 5.58 Å². The van der Waals surface area contributed by atoms with Gasteiger partial charge in [0.2, 0.25) is 5.89 Å². The van der Waals surface area contributed by atoms with E-state index in [0.29, 0.717) is 23.6 Å². The van der Waals surface area contributed by atoms with Gasteiger partial charge in [-0.1, -0.05) is 59.8 Å². The molecule has 1 amide bonds. The molecule has 0 aliphatic rings. The maximum absolute atomic E-state index is 11.3. The fourth-order valence-electron chi connectivity index (χ4n) is 3.72. The van der Waals surface area contributed by atoms with Crippen LogP contribution in [0.4, 0.5) is 0 Å². The average molecular weight is 425 g/mol. The van der Waals surface area contributed by atoms with Crippen LogP contribution < -0.4 is 5.48 Å². The molecule has 0 fully saturated rings. The van der Waals surface area contributed by atoms with Gasteiger partial charge in [0.05, 0.1) is 6.20 Å². The van der Waals surface area contributed by atoms with Crippen molar-refractivity contribution in [1.82, 2.24) is 25.5 Å². The minimum Gasteiger partial charge on any atom is -0.438 e. The van der Waals surface area contributed by atoms with Gasteiger partial charge >= 0.3 is 0 Å². The quantitative estimate of drug-likeness (QED) is 0.243. The first kappa shape index (κ1) is 19.7. The van der Waals surface area contributed by atoms with Crippen LogP contribution in [0.5, 0.6) is 0 Å². The smallest absolute Gasteiger partial charge is 0.267 e. The van der Waals surface area contributed by atoms with Gasteiger partial charge in [-0.3, -0.25) is 10.0 Å². The summed E-state index contributed by atoms with van der Waals surface area (Å²) in [7, 11) is 0. The number of para-hydroxylation sites is 2. The van der Waals surface area contributed by atoms with Crippen molar-refractivity contribution in [3.05, 3.63) is 96.2 Å². The van der Waals surface area contributed by atoms with Crippen LogP contribution in [0.15, 0.2) is 83.4 Å². The van der Waals surface area contributed by atoms with Crippen LogP contribution in [0.25, 0.3) is 27.9 Å². The summed E-state index contributed by atoms with van der Waals surface area (Å²) in [6.07, 6.45) is 4.94. The van der Waals surface area contributed by atoms with Crippen LogP contribution in [0.1, 0.15) is 23.2 Å². The molecule has 0 aliphatic carbocycles. The Hall–Kier alpha value is -4.30. The zero-order valence-electron chi connectivity index (χ0n) is 16.9. The third-order valence-electron chi connectivity index (χ3n) is 5.25. The molecule has 0 aliphatic heterocycles. The largest absolute Gasteiger partial charge is 0.438 e. The number of hydrogen-bond donors (Lipinski definition) is 2. The molecule has 2 aromatic heterocycles. The van der Waals surface area contributed by atoms with E-state index in [-0.39, 0.29) is 6.04 Å². The molecule has 0 spiro atoms. The SMILES string of the molecule is O=C(C=Cc1cn(C(Cc2cccc3ccccc23)c2nc3ccccc3o2)nn1)NO. The van der Waals surface area contributed by atoms with E-state index in [0.717, 1.165) is 21.9 Å². The minimum absolute atomic E-state index is 0.352. The van der Waals surface area contributed by atoms with Crippen molar-refractivity contribution < 1.29 is 14.4 Å². The molecule has 2 N–H and O–H groups in total. The standard InChI is InChI=1S/C24H19N5O3/c30-23(27-31)13-12-18-15-29(28-26-18)21(24-25-20-10-3-4-11-22(20)32-24)14-17-8-5-7-16-6-1-2-9-19(16)17/h1-13,15,21,31H,14H2,(H,27,30). The fourth-order valence-corrected chi connectivity index (χ4v) is 3.72. The highest BCUT2D eigenvalue weighted by Crippen LogP contribution is 2.29. The molecule has 8 heteroatoms. The highest BCUT2D eigenvalue weighted by atomic mass is 16.5. The summed E-state index contributed by atoms with van der Waals surface area (Å²) in [6, 6.07) is 21.7. The van der Waals surface area contributed by atoms with Gasteiger partial charge in [0, 0.05) is 12.5 Å². The predicted molar refractivity (Wildman–Crippen MR) is 119 cm³/mol. The van der Waals surface area contributed by atoms with Crippen LogP contribution in [0.2, 0.25) is 0 Å². The number of carbonyl (C=O) groups excluding carboxylic acids is 1. The maximum Gasteiger partial charge on any atom is 0.267 e. The number of oxazole rings is 1. The Kier molecular flexibility index (Phi) is 5.19. The van der Waals surface area contributed by atoms with Crippen LogP contribution in [-0.4, -0.2) is 31.1 Å². The Labute approximate surface area is 182 Å². The second kappa shape index (κ2) is 8.44. The molecule has 5 rings (SSSR count). The second-order valence-electron chi connectivity index (χ2n) is 7.31. The second-order valence-corrected chi connectivity index (χ2v) is 7.31. The Morgan fingerprint density at radius 1 is 1.09 bits per heavy atom. The van der Waals surface area contributed by atoms with E-state index in [4.69, 9.17) is 14.6 Å². The van der Waals surface area contributed by atoms with Gasteiger partial charge in [-0.2, -0.15) is 0 Å². The number of hydroxylamine groups is 1. The molecule has 0 radical (unpaired) electrons. The van der Waals surface area contributed by atoms with Crippen molar-refractivity contribution in [3.8, 4) is 0 Å². The number of nitrogens with one attached hydrogen (secondary N) is 1. The highest BCUT2D eigenvalue weighted by Gasteiger charge is 2.23. The molecule has 32 heavy (non-hydrogen) atoms. The molecular formula is C24H19N5O3. The number of aromatic nitrogens is 4. The molecule has 158 valence electrons. The first-order chi connectivity index (χ1) is 15.7. The lowest BCUT2D eigenvalue weighted by Crippen LogP contribution is -2.15. The number of benzene rings is 3. The first-order valence-electron chi connectivity index (χ1n) is 10.1. The van der Waals surface area contributed by atoms with Gasteiger partial charge in [-0.15, -0.1) is 5.10 Å². The molecule has 2 heterocycles. The van der Waals surface area contributed by atoms with E-state index in [1.54, 1.807) is 16.4 Å². The fraction of sp³-hybridized carbons (Fsp3) is 0.0833. The monoisotopic (exact) mass is 425 g/mol. The van der Waals surface area contributed by atoms with Gasteiger partial charge in [0.25, 0.3) is 5.91 Å². The first-order valence-corrected chi connectivity index (χ1v) is 10.1. The molecule has 0 bridgehead atoms. The van der Waals surface area contributed by atoms with Crippen molar-refractivity contribution in [1.29, 1.82) is 0 Å². The van der Waals surface area contributed by atoms with Gasteiger partial charge in [0.1, 0.15) is 17.3 Å². The Morgan fingerprint density at radius 2 is 1.91 bits per heavy atom. The van der Waals surface area contributed by atoms with Crippen molar-refractivity contribution >= 4 is 33.9 Å². The third kappa shape index (κ3) is 3.86. The summed E-state index contributed by atoms with van der Waals surface area (Å²) < 4.78 is 7.76. The van der Waals surface area contributed by atoms with Crippen molar-refractivity contribution in [2.24, 2.45) is 0 Å². The van der Waals surface area contributed by atoms with E-state index in [2.05, 4.69) is 34.6 Å². The van der Waals surface area contributed by atoms with E-state index >= 15 is 0 Å². The predicted octanol–water partition coefficient (Wildman–Crippen LogP) is 3.92. The number of fused-ring (bicyclic) bond motifs is 2. The van der Waals surface area contributed by atoms with E-state index in [9.17, 15) is 4.79 Å². The van der Waals surface area contributed by atoms with Crippen LogP contribution >= 0.6 is 0 Å². The number of amides is 1. The zero-order valence-corrected chi connectivity index (χ0v) is 16.9. The summed E-state index contributed by atoms with van der Waals surface area (Å²) in [4.78, 5) is 16.0. The van der Waals surface area contributed by atoms with E-state index < -0.39 is 5.91 Å². The van der Waals surface area contributed by atoms with Crippen LogP contribution in [0.3, 0.4) is 0 Å². The van der Waals surface area contributed by atoms with Gasteiger partial charge < -0.3 is 4.42 Å². The average Bonchev–Trinajstić information content (AvgIpc) is 3.48. The number of nitrogens with zero attached hydrogens (tertiary/aromatic N) is 4. The molecular weight excluding hydrogens is 406 g/mol. The van der Waals surface area contributed by atoms with Gasteiger partial charge in [-0.05, 0) is 34.5 Å². The van der Waals surface area contributed by atoms with E-state index in [1.807, 2.05) is 42.5 Å². The maximum atomic E-state index is 11.3. The van der Waals surface area contributed by atoms with Crippen LogP contribution in [-0.2, 0) is 11.2 Å². The Morgan fingerprint density at radius 3 is 2.78 bits per heavy atom. The molecule has 0 saturated heterocycles. The summed E-state index contributed by atoms with van der Waals surface area (Å²) in [5.41, 5.74) is 4.61. The Bertz CT molecular complexity index is 1400. The van der Waals surface area contributed by atoms with Gasteiger partial charge in [-0.25, -0.2) is 15.1 Å². The van der Waals surface area contributed by atoms with Crippen LogP contribution in [0, 0.1) is 0 Å². The third-order valence-corrected chi connectivity index (χ3v) is 5.25. The summed E-state index contributed by atoms with van der Waals surface area (Å²) >= 11 is 0. The highest BCUT2D eigenvalue weighted by molar-refractivity contribution is 5.90. The lowest BCUT2D eigenvalue weighted by atomic mass is 9.99. The van der Waals surface area contributed by atoms with Crippen molar-refractivity contribution in [3.63, 3.8) is 0 Å². The topological polar surface area (TPSA) is 106 Å². The van der Waals surface area contributed by atoms with Crippen molar-refractivity contribution in [2.75, 3.05) is 0 Å². The number of carbonyl (C=O) groups is 1. The molecule has 8 nitrogen and oxygen atoms in total. The summed E-state index contributed by atoms with van der Waals surface area (Å²) in [5, 5.41) is 19.3. The molecule has 0 saturated carbocycles. The normalized spacial score (nSPS) is 12.5. The van der Waals surface area contributed by atoms with E-state index in [1.165, 1.54) is 12.2 Å². The number of rotatable bonds is 6. The lowest BCUT2D eigenvalue weighted by molar-refractivity contribution is -0.124. The summed E-state index contributed by atoms with van der Waals surface area (Å²) in [5.74, 6) is -0.126. The molecule has 1 atom stereocenters. The minimum atomic E-state index is -0.647. The zero-order chi connectivity index (χ0) is 21.9. The molecule has 5 aromatic rings. The number of hydrogen-bond acceptors (Lipinski definition) is 6. The van der Waals surface area contributed by atoms with Crippen molar-refractivity contribution in [2.45, 2.75) is 12.5 Å². The molecule has 1 unspecified atom stereocenters.